The first-order chi connectivity index (χ1) is 8.24. The van der Waals surface area contributed by atoms with Crippen LogP contribution in [0.15, 0.2) is 6.20 Å². The Balaban J connectivity index is 2.01. The molecule has 0 aliphatic carbocycles. The molecular formula is C10H13FN6. The SMILES string of the molecule is CN1CCN(c2nc(F)nc3[nH]ncc23)CC1. The topological polar surface area (TPSA) is 60.9 Å². The Hall–Kier alpha value is -1.76. The van der Waals surface area contributed by atoms with E-state index in [1.54, 1.807) is 6.20 Å². The molecule has 0 radical (unpaired) electrons. The maximum Gasteiger partial charge on any atom is 0.312 e. The number of aromatic nitrogens is 4. The third-order valence-corrected chi connectivity index (χ3v) is 3.07. The number of nitrogens with zero attached hydrogens (tertiary/aromatic N) is 5. The summed E-state index contributed by atoms with van der Waals surface area (Å²) >= 11 is 0. The summed E-state index contributed by atoms with van der Waals surface area (Å²) in [5.41, 5.74) is 0.450. The molecule has 90 valence electrons. The Morgan fingerprint density at radius 3 is 2.76 bits per heavy atom. The van der Waals surface area contributed by atoms with Gasteiger partial charge in [-0.1, -0.05) is 0 Å². The van der Waals surface area contributed by atoms with E-state index in [-0.39, 0.29) is 0 Å². The fourth-order valence-corrected chi connectivity index (χ4v) is 2.05. The lowest BCUT2D eigenvalue weighted by atomic mass is 10.3. The summed E-state index contributed by atoms with van der Waals surface area (Å²) in [6.45, 7) is 3.58. The molecule has 0 aromatic carbocycles. The van der Waals surface area contributed by atoms with Gasteiger partial charge in [0.25, 0.3) is 0 Å². The lowest BCUT2D eigenvalue weighted by Gasteiger charge is -2.33. The fraction of sp³-hybridized carbons (Fsp3) is 0.500. The van der Waals surface area contributed by atoms with Crippen LogP contribution < -0.4 is 4.90 Å². The summed E-state index contributed by atoms with van der Waals surface area (Å²) < 4.78 is 13.3. The van der Waals surface area contributed by atoms with Crippen LogP contribution in [0, 0.1) is 6.08 Å². The molecular weight excluding hydrogens is 223 g/mol. The third kappa shape index (κ3) is 1.82. The molecule has 0 atom stereocenters. The number of H-pyrrole nitrogens is 1. The molecule has 17 heavy (non-hydrogen) atoms. The van der Waals surface area contributed by atoms with E-state index in [1.165, 1.54) is 0 Å². The van der Waals surface area contributed by atoms with E-state index in [0.717, 1.165) is 31.6 Å². The average Bonchev–Trinajstić information content (AvgIpc) is 2.77. The molecule has 2 aromatic rings. The number of halogens is 1. The summed E-state index contributed by atoms with van der Waals surface area (Å²) in [4.78, 5) is 11.9. The molecule has 0 saturated carbocycles. The molecule has 1 aliphatic heterocycles. The normalized spacial score (nSPS) is 17.9. The van der Waals surface area contributed by atoms with Crippen molar-refractivity contribution in [3.63, 3.8) is 0 Å². The van der Waals surface area contributed by atoms with Crippen molar-refractivity contribution in [1.29, 1.82) is 0 Å². The van der Waals surface area contributed by atoms with Crippen LogP contribution in [-0.2, 0) is 0 Å². The first-order valence-corrected chi connectivity index (χ1v) is 5.54. The van der Waals surface area contributed by atoms with Crippen LogP contribution in [0.25, 0.3) is 11.0 Å². The summed E-state index contributed by atoms with van der Waals surface area (Å²) in [5.74, 6) is 0.634. The van der Waals surface area contributed by atoms with E-state index in [9.17, 15) is 4.39 Å². The van der Waals surface area contributed by atoms with Gasteiger partial charge in [0.1, 0.15) is 5.82 Å². The summed E-state index contributed by atoms with van der Waals surface area (Å²) in [6, 6.07) is 0. The van der Waals surface area contributed by atoms with Gasteiger partial charge in [0, 0.05) is 26.2 Å². The molecule has 1 aliphatic rings. The number of aromatic amines is 1. The van der Waals surface area contributed by atoms with E-state index >= 15 is 0 Å². The van der Waals surface area contributed by atoms with Gasteiger partial charge >= 0.3 is 6.08 Å². The number of anilines is 1. The van der Waals surface area contributed by atoms with Gasteiger partial charge in [0.2, 0.25) is 0 Å². The van der Waals surface area contributed by atoms with E-state index in [0.29, 0.717) is 11.5 Å². The van der Waals surface area contributed by atoms with Crippen LogP contribution in [0.1, 0.15) is 0 Å². The molecule has 3 heterocycles. The second-order valence-corrected chi connectivity index (χ2v) is 4.24. The molecule has 6 nitrogen and oxygen atoms in total. The highest BCUT2D eigenvalue weighted by Crippen LogP contribution is 2.22. The molecule has 0 amide bonds. The van der Waals surface area contributed by atoms with E-state index in [1.807, 2.05) is 0 Å². The quantitative estimate of drug-likeness (QED) is 0.719. The van der Waals surface area contributed by atoms with Crippen molar-refractivity contribution in [3.05, 3.63) is 12.3 Å². The molecule has 0 unspecified atom stereocenters. The Labute approximate surface area is 97.5 Å². The van der Waals surface area contributed by atoms with Crippen LogP contribution in [0.2, 0.25) is 0 Å². The van der Waals surface area contributed by atoms with Gasteiger partial charge in [-0.15, -0.1) is 0 Å². The molecule has 3 rings (SSSR count). The van der Waals surface area contributed by atoms with Crippen molar-refractivity contribution < 1.29 is 4.39 Å². The van der Waals surface area contributed by atoms with E-state index < -0.39 is 6.08 Å². The van der Waals surface area contributed by atoms with Gasteiger partial charge in [-0.25, -0.2) is 0 Å². The Morgan fingerprint density at radius 1 is 1.24 bits per heavy atom. The second-order valence-electron chi connectivity index (χ2n) is 4.24. The third-order valence-electron chi connectivity index (χ3n) is 3.07. The number of rotatable bonds is 1. The average molecular weight is 236 g/mol. The van der Waals surface area contributed by atoms with Crippen molar-refractivity contribution in [3.8, 4) is 0 Å². The standard InChI is InChI=1S/C10H13FN6/c1-16-2-4-17(5-3-16)9-7-6-12-15-8(7)13-10(11)14-9/h6H,2-5H2,1H3,(H,12,13,14,15). The summed E-state index contributed by atoms with van der Waals surface area (Å²) in [7, 11) is 2.07. The monoisotopic (exact) mass is 236 g/mol. The largest absolute Gasteiger partial charge is 0.353 e. The van der Waals surface area contributed by atoms with Gasteiger partial charge in [0.15, 0.2) is 5.65 Å². The minimum Gasteiger partial charge on any atom is -0.353 e. The van der Waals surface area contributed by atoms with Gasteiger partial charge in [-0.05, 0) is 7.05 Å². The Morgan fingerprint density at radius 2 is 2.00 bits per heavy atom. The predicted octanol–water partition coefficient (Wildman–Crippen LogP) is 0.244. The number of fused-ring (bicyclic) bond motifs is 1. The number of piperazine rings is 1. The maximum absolute atomic E-state index is 13.3. The van der Waals surface area contributed by atoms with Crippen LogP contribution >= 0.6 is 0 Å². The molecule has 0 bridgehead atoms. The zero-order chi connectivity index (χ0) is 11.8. The van der Waals surface area contributed by atoms with Crippen molar-refractivity contribution in [2.45, 2.75) is 0 Å². The van der Waals surface area contributed by atoms with Crippen LogP contribution in [0.4, 0.5) is 10.2 Å². The van der Waals surface area contributed by atoms with Crippen molar-refractivity contribution >= 4 is 16.9 Å². The molecule has 1 N–H and O–H groups in total. The summed E-state index contributed by atoms with van der Waals surface area (Å²) in [5, 5.41) is 7.33. The number of hydrogen-bond donors (Lipinski definition) is 1. The molecule has 1 saturated heterocycles. The van der Waals surface area contributed by atoms with Gasteiger partial charge < -0.3 is 9.80 Å². The minimum atomic E-state index is -0.712. The van der Waals surface area contributed by atoms with Crippen molar-refractivity contribution in [1.82, 2.24) is 25.1 Å². The minimum absolute atomic E-state index is 0.450. The maximum atomic E-state index is 13.3. The lowest BCUT2D eigenvalue weighted by Crippen LogP contribution is -2.45. The lowest BCUT2D eigenvalue weighted by molar-refractivity contribution is 0.312. The number of nitrogens with one attached hydrogen (secondary N) is 1. The van der Waals surface area contributed by atoms with Crippen molar-refractivity contribution in [2.75, 3.05) is 38.1 Å². The highest BCUT2D eigenvalue weighted by Gasteiger charge is 2.19. The van der Waals surface area contributed by atoms with E-state index in [4.69, 9.17) is 0 Å². The van der Waals surface area contributed by atoms with Gasteiger partial charge in [-0.2, -0.15) is 19.5 Å². The van der Waals surface area contributed by atoms with Crippen LogP contribution in [0.5, 0.6) is 0 Å². The zero-order valence-electron chi connectivity index (χ0n) is 9.52. The smallest absolute Gasteiger partial charge is 0.312 e. The predicted molar refractivity (Wildman–Crippen MR) is 61.4 cm³/mol. The molecule has 7 heteroatoms. The van der Waals surface area contributed by atoms with Gasteiger partial charge in [-0.3, -0.25) is 5.10 Å². The first kappa shape index (κ1) is 10.4. The second kappa shape index (κ2) is 3.92. The summed E-state index contributed by atoms with van der Waals surface area (Å²) in [6.07, 6.45) is 0.929. The molecule has 1 fully saturated rings. The van der Waals surface area contributed by atoms with E-state index in [2.05, 4.69) is 37.0 Å². The Bertz CT molecular complexity index is 531. The van der Waals surface area contributed by atoms with Crippen LogP contribution in [-0.4, -0.2) is 58.3 Å². The van der Waals surface area contributed by atoms with Crippen molar-refractivity contribution in [2.24, 2.45) is 0 Å². The first-order valence-electron chi connectivity index (χ1n) is 5.54. The molecule has 0 spiro atoms. The van der Waals surface area contributed by atoms with Crippen LogP contribution in [0.3, 0.4) is 0 Å². The van der Waals surface area contributed by atoms with Gasteiger partial charge in [0.05, 0.1) is 11.6 Å². The Kier molecular flexibility index (Phi) is 2.40. The number of likely N-dealkylation sites (N-methyl/N-ethyl adjacent to an activating group) is 1. The number of hydrogen-bond acceptors (Lipinski definition) is 5. The molecule has 2 aromatic heterocycles. The highest BCUT2D eigenvalue weighted by molar-refractivity contribution is 5.86. The highest BCUT2D eigenvalue weighted by atomic mass is 19.1. The zero-order valence-corrected chi connectivity index (χ0v) is 9.52. The fourth-order valence-electron chi connectivity index (χ4n) is 2.05.